The van der Waals surface area contributed by atoms with Crippen LogP contribution in [0.1, 0.15) is 36.0 Å². The predicted molar refractivity (Wildman–Crippen MR) is 91.4 cm³/mol. The zero-order valence-corrected chi connectivity index (χ0v) is 14.2. The highest BCUT2D eigenvalue weighted by molar-refractivity contribution is 5.94. The summed E-state index contributed by atoms with van der Waals surface area (Å²) in [6.07, 6.45) is 4.49. The van der Waals surface area contributed by atoms with Gasteiger partial charge in [-0.2, -0.15) is 0 Å². The lowest BCUT2D eigenvalue weighted by Crippen LogP contribution is -2.44. The van der Waals surface area contributed by atoms with E-state index in [0.717, 1.165) is 49.5 Å². The second-order valence-corrected chi connectivity index (χ2v) is 6.79. The molecule has 1 aromatic heterocycles. The summed E-state index contributed by atoms with van der Waals surface area (Å²) in [6.45, 7) is 2.82. The van der Waals surface area contributed by atoms with Crippen LogP contribution in [0.15, 0.2) is 18.2 Å². The molecule has 1 aromatic carbocycles. The van der Waals surface area contributed by atoms with Crippen molar-refractivity contribution in [3.8, 4) is 0 Å². The van der Waals surface area contributed by atoms with E-state index in [0.29, 0.717) is 5.56 Å². The van der Waals surface area contributed by atoms with Gasteiger partial charge in [-0.1, -0.05) is 0 Å². The Morgan fingerprint density at radius 3 is 2.75 bits per heavy atom. The van der Waals surface area contributed by atoms with Gasteiger partial charge in [0, 0.05) is 26.7 Å². The molecule has 2 aromatic rings. The minimum atomic E-state index is -0.331. The third-order valence-corrected chi connectivity index (χ3v) is 5.42. The van der Waals surface area contributed by atoms with Crippen LogP contribution in [0.4, 0.5) is 5.95 Å². The molecule has 0 unspecified atom stereocenters. The Labute approximate surface area is 141 Å². The van der Waals surface area contributed by atoms with Crippen molar-refractivity contribution in [3.63, 3.8) is 0 Å². The van der Waals surface area contributed by atoms with Crippen molar-refractivity contribution < 1.29 is 14.3 Å². The number of nitrogens with zero attached hydrogens (tertiary/aromatic N) is 3. The number of piperidine rings is 1. The van der Waals surface area contributed by atoms with E-state index >= 15 is 0 Å². The van der Waals surface area contributed by atoms with Gasteiger partial charge in [0.15, 0.2) is 0 Å². The summed E-state index contributed by atoms with van der Waals surface area (Å²) in [5, 5.41) is 0. The number of aromatic nitrogens is 2. The quantitative estimate of drug-likeness (QED) is 0.793. The largest absolute Gasteiger partial charge is 0.465 e. The molecule has 0 atom stereocenters. The van der Waals surface area contributed by atoms with Gasteiger partial charge >= 0.3 is 5.97 Å². The number of ether oxygens (including phenoxy) is 2. The smallest absolute Gasteiger partial charge is 0.337 e. The Morgan fingerprint density at radius 1 is 1.29 bits per heavy atom. The van der Waals surface area contributed by atoms with E-state index in [4.69, 9.17) is 14.5 Å². The first-order chi connectivity index (χ1) is 11.6. The Kier molecular flexibility index (Phi) is 3.72. The number of hydrogen-bond acceptors (Lipinski definition) is 5. The van der Waals surface area contributed by atoms with E-state index in [2.05, 4.69) is 9.47 Å². The molecule has 6 heteroatoms. The number of benzene rings is 1. The van der Waals surface area contributed by atoms with Gasteiger partial charge in [-0.05, 0) is 43.9 Å². The van der Waals surface area contributed by atoms with Crippen LogP contribution in [-0.4, -0.2) is 47.9 Å². The molecule has 0 saturated carbocycles. The number of carbonyl (C=O) groups excluding carboxylic acids is 1. The van der Waals surface area contributed by atoms with E-state index < -0.39 is 0 Å². The molecule has 128 valence electrons. The van der Waals surface area contributed by atoms with Gasteiger partial charge in [-0.25, -0.2) is 9.78 Å². The molecular formula is C18H23N3O3. The highest BCUT2D eigenvalue weighted by Crippen LogP contribution is 2.37. The Bertz CT molecular complexity index is 767. The lowest BCUT2D eigenvalue weighted by molar-refractivity contribution is -0.0148. The van der Waals surface area contributed by atoms with E-state index in [1.807, 2.05) is 13.1 Å². The Morgan fingerprint density at radius 2 is 2.08 bits per heavy atom. The number of anilines is 1. The Hall–Kier alpha value is -2.08. The molecule has 3 heterocycles. The Balaban J connectivity index is 1.60. The van der Waals surface area contributed by atoms with E-state index in [9.17, 15) is 4.79 Å². The summed E-state index contributed by atoms with van der Waals surface area (Å²) in [5.41, 5.74) is 2.49. The third-order valence-electron chi connectivity index (χ3n) is 5.42. The highest BCUT2D eigenvalue weighted by Gasteiger charge is 2.39. The molecule has 0 amide bonds. The lowest BCUT2D eigenvalue weighted by atomic mass is 9.89. The molecule has 1 spiro atoms. The number of methoxy groups -OCH3 is 1. The van der Waals surface area contributed by atoms with Crippen molar-refractivity contribution in [1.82, 2.24) is 9.55 Å². The van der Waals surface area contributed by atoms with Crippen LogP contribution < -0.4 is 4.90 Å². The summed E-state index contributed by atoms with van der Waals surface area (Å²) >= 11 is 0. The molecule has 0 bridgehead atoms. The zero-order valence-electron chi connectivity index (χ0n) is 14.2. The topological polar surface area (TPSA) is 56.6 Å². The fourth-order valence-corrected chi connectivity index (χ4v) is 3.98. The molecule has 2 aliphatic rings. The van der Waals surface area contributed by atoms with Gasteiger partial charge in [-0.3, -0.25) is 0 Å². The number of aryl methyl sites for hydroxylation is 1. The standard InChI is InChI=1S/C18H23N3O3/c1-20-15-5-4-13(16(22)23-2)12-14(15)19-17(20)21-9-7-18(8-10-21)6-3-11-24-18/h4-5,12H,3,6-11H2,1-2H3. The van der Waals surface area contributed by atoms with Crippen molar-refractivity contribution in [2.75, 3.05) is 31.7 Å². The molecule has 2 aliphatic heterocycles. The fraction of sp³-hybridized carbons (Fsp3) is 0.556. The number of carbonyl (C=O) groups is 1. The van der Waals surface area contributed by atoms with Gasteiger partial charge < -0.3 is 18.9 Å². The molecule has 0 radical (unpaired) electrons. The first-order valence-electron chi connectivity index (χ1n) is 8.56. The van der Waals surface area contributed by atoms with Crippen LogP contribution in [0.25, 0.3) is 11.0 Å². The monoisotopic (exact) mass is 329 g/mol. The zero-order chi connectivity index (χ0) is 16.7. The van der Waals surface area contributed by atoms with Crippen LogP contribution in [0, 0.1) is 0 Å². The highest BCUT2D eigenvalue weighted by atomic mass is 16.5. The van der Waals surface area contributed by atoms with E-state index in [1.54, 1.807) is 12.1 Å². The van der Waals surface area contributed by atoms with Crippen molar-refractivity contribution in [2.24, 2.45) is 7.05 Å². The van der Waals surface area contributed by atoms with Gasteiger partial charge in [0.05, 0.1) is 29.3 Å². The normalized spacial score (nSPS) is 20.0. The summed E-state index contributed by atoms with van der Waals surface area (Å²) in [6, 6.07) is 5.52. The van der Waals surface area contributed by atoms with Crippen LogP contribution in [0.2, 0.25) is 0 Å². The predicted octanol–water partition coefficient (Wildman–Crippen LogP) is 2.51. The number of fused-ring (bicyclic) bond motifs is 1. The fourth-order valence-electron chi connectivity index (χ4n) is 3.98. The number of esters is 1. The maximum absolute atomic E-state index is 11.7. The minimum Gasteiger partial charge on any atom is -0.465 e. The minimum absolute atomic E-state index is 0.110. The first kappa shape index (κ1) is 15.4. The van der Waals surface area contributed by atoms with Crippen molar-refractivity contribution >= 4 is 23.0 Å². The van der Waals surface area contributed by atoms with Crippen LogP contribution in [0.5, 0.6) is 0 Å². The summed E-state index contributed by atoms with van der Waals surface area (Å²) in [5.74, 6) is 0.627. The van der Waals surface area contributed by atoms with Gasteiger partial charge in [-0.15, -0.1) is 0 Å². The van der Waals surface area contributed by atoms with Gasteiger partial charge in [0.1, 0.15) is 0 Å². The number of hydrogen-bond donors (Lipinski definition) is 0. The van der Waals surface area contributed by atoms with Crippen molar-refractivity contribution in [1.29, 1.82) is 0 Å². The number of rotatable bonds is 2. The van der Waals surface area contributed by atoms with Crippen LogP contribution >= 0.6 is 0 Å². The van der Waals surface area contributed by atoms with Crippen molar-refractivity contribution in [3.05, 3.63) is 23.8 Å². The number of imidazole rings is 1. The molecule has 2 saturated heterocycles. The summed E-state index contributed by atoms with van der Waals surface area (Å²) in [7, 11) is 3.42. The van der Waals surface area contributed by atoms with E-state index in [-0.39, 0.29) is 11.6 Å². The van der Waals surface area contributed by atoms with E-state index in [1.165, 1.54) is 20.0 Å². The maximum atomic E-state index is 11.7. The van der Waals surface area contributed by atoms with Gasteiger partial charge in [0.25, 0.3) is 0 Å². The molecule has 0 aliphatic carbocycles. The summed E-state index contributed by atoms with van der Waals surface area (Å²) in [4.78, 5) is 18.8. The van der Waals surface area contributed by atoms with Crippen LogP contribution in [0.3, 0.4) is 0 Å². The average Bonchev–Trinajstić information content (AvgIpc) is 3.20. The molecule has 4 rings (SSSR count). The molecule has 6 nitrogen and oxygen atoms in total. The molecular weight excluding hydrogens is 306 g/mol. The lowest BCUT2D eigenvalue weighted by Gasteiger charge is -2.39. The first-order valence-corrected chi connectivity index (χ1v) is 8.56. The third kappa shape index (κ3) is 2.45. The maximum Gasteiger partial charge on any atom is 0.337 e. The average molecular weight is 329 g/mol. The van der Waals surface area contributed by atoms with Crippen molar-refractivity contribution in [2.45, 2.75) is 31.3 Å². The summed E-state index contributed by atoms with van der Waals surface area (Å²) < 4.78 is 12.9. The second-order valence-electron chi connectivity index (χ2n) is 6.79. The van der Waals surface area contributed by atoms with Gasteiger partial charge in [0.2, 0.25) is 5.95 Å². The van der Waals surface area contributed by atoms with Crippen LogP contribution in [-0.2, 0) is 16.5 Å². The second kappa shape index (κ2) is 5.77. The molecule has 24 heavy (non-hydrogen) atoms. The molecule has 2 fully saturated rings. The SMILES string of the molecule is COC(=O)c1ccc2c(c1)nc(N1CCC3(CCCO3)CC1)n2C. The molecule has 0 N–H and O–H groups in total.